The SMILES string of the molecule is CCC1CCN(CCCNC(=O)c2ccc(Nc3nccn4c(-c5ccc(OC)c(F)c5F)cnc34)cc2Cl)CC1C(=O)O. The van der Waals surface area contributed by atoms with E-state index in [4.69, 9.17) is 16.3 Å². The Morgan fingerprint density at radius 2 is 2.00 bits per heavy atom. The van der Waals surface area contributed by atoms with E-state index in [1.54, 1.807) is 28.8 Å². The zero-order chi connectivity index (χ0) is 31.4. The molecular formula is C31H33ClF2N6O4. The number of aromatic nitrogens is 3. The number of methoxy groups -OCH3 is 1. The van der Waals surface area contributed by atoms with Crippen molar-refractivity contribution in [2.24, 2.45) is 11.8 Å². The van der Waals surface area contributed by atoms with Crippen LogP contribution in [-0.4, -0.2) is 69.5 Å². The van der Waals surface area contributed by atoms with Gasteiger partial charge in [-0.3, -0.25) is 14.0 Å². The standard InChI is InChI=1S/C31H33ClF2N6O4/c1-3-18-9-13-39(17-22(18)31(42)43)12-4-10-36-30(41)20-6-5-19(15-23(20)32)38-28-29-37-16-24(40(29)14-11-35-28)21-7-8-25(44-2)27(34)26(21)33/h5-8,11,14-16,18,22H,3-4,9-10,12-13,17H2,1-2H3,(H,35,38)(H,36,41)(H,42,43). The first-order valence-electron chi connectivity index (χ1n) is 14.4. The fourth-order valence-electron chi connectivity index (χ4n) is 5.65. The fourth-order valence-corrected chi connectivity index (χ4v) is 5.91. The smallest absolute Gasteiger partial charge is 0.308 e. The lowest BCUT2D eigenvalue weighted by Gasteiger charge is -2.36. The maximum atomic E-state index is 14.8. The number of imidazole rings is 1. The third kappa shape index (κ3) is 6.46. The average Bonchev–Trinajstić information content (AvgIpc) is 3.45. The summed E-state index contributed by atoms with van der Waals surface area (Å²) in [5.41, 5.74) is 1.54. The molecule has 4 aromatic rings. The predicted octanol–water partition coefficient (Wildman–Crippen LogP) is 5.63. The van der Waals surface area contributed by atoms with E-state index in [-0.39, 0.29) is 34.1 Å². The Bertz CT molecular complexity index is 1680. The van der Waals surface area contributed by atoms with Gasteiger partial charge < -0.3 is 25.4 Å². The van der Waals surface area contributed by atoms with Crippen molar-refractivity contribution >= 4 is 40.6 Å². The predicted molar refractivity (Wildman–Crippen MR) is 163 cm³/mol. The molecule has 0 radical (unpaired) electrons. The number of rotatable bonds is 11. The molecule has 0 spiro atoms. The van der Waals surface area contributed by atoms with Crippen LogP contribution in [0.25, 0.3) is 16.9 Å². The Balaban J connectivity index is 1.21. The number of ether oxygens (including phenoxy) is 1. The Kier molecular flexibility index (Phi) is 9.60. The number of carboxylic acids is 1. The second kappa shape index (κ2) is 13.6. The summed E-state index contributed by atoms with van der Waals surface area (Å²) < 4.78 is 35.6. The maximum absolute atomic E-state index is 14.8. The van der Waals surface area contributed by atoms with E-state index in [2.05, 4.69) is 25.5 Å². The second-order valence-electron chi connectivity index (χ2n) is 10.7. The van der Waals surface area contributed by atoms with Crippen LogP contribution in [-0.2, 0) is 4.79 Å². The van der Waals surface area contributed by atoms with Crippen molar-refractivity contribution < 1.29 is 28.2 Å². The molecule has 0 aliphatic carbocycles. The van der Waals surface area contributed by atoms with E-state index in [0.29, 0.717) is 54.5 Å². The molecule has 5 rings (SSSR count). The van der Waals surface area contributed by atoms with E-state index in [1.807, 2.05) is 6.92 Å². The Morgan fingerprint density at radius 3 is 2.73 bits per heavy atom. The van der Waals surface area contributed by atoms with Crippen LogP contribution in [0.15, 0.2) is 48.9 Å². The lowest BCUT2D eigenvalue weighted by molar-refractivity contribution is -0.146. The number of nitrogens with zero attached hydrogens (tertiary/aromatic N) is 4. The van der Waals surface area contributed by atoms with Crippen LogP contribution in [0.1, 0.15) is 36.5 Å². The van der Waals surface area contributed by atoms with Crippen LogP contribution in [0.2, 0.25) is 5.02 Å². The number of carbonyl (C=O) groups is 2. The van der Waals surface area contributed by atoms with E-state index in [1.165, 1.54) is 31.6 Å². The lowest BCUT2D eigenvalue weighted by Crippen LogP contribution is -2.44. The van der Waals surface area contributed by atoms with E-state index < -0.39 is 17.6 Å². The fraction of sp³-hybridized carbons (Fsp3) is 0.355. The molecule has 232 valence electrons. The molecule has 1 aliphatic rings. The highest BCUT2D eigenvalue weighted by molar-refractivity contribution is 6.34. The third-order valence-electron chi connectivity index (χ3n) is 8.07. The molecule has 1 amide bonds. The van der Waals surface area contributed by atoms with Crippen molar-refractivity contribution in [2.75, 3.05) is 38.6 Å². The minimum absolute atomic E-state index is 0.0110. The molecule has 2 aromatic heterocycles. The molecule has 1 aliphatic heterocycles. The first-order valence-corrected chi connectivity index (χ1v) is 14.7. The highest BCUT2D eigenvalue weighted by Gasteiger charge is 2.32. The minimum Gasteiger partial charge on any atom is -0.494 e. The zero-order valence-electron chi connectivity index (χ0n) is 24.3. The summed E-state index contributed by atoms with van der Waals surface area (Å²) in [6.07, 6.45) is 6.91. The summed E-state index contributed by atoms with van der Waals surface area (Å²) in [7, 11) is 1.26. The molecule has 2 atom stereocenters. The molecule has 1 fully saturated rings. The number of aliphatic carboxylic acids is 1. The third-order valence-corrected chi connectivity index (χ3v) is 8.38. The summed E-state index contributed by atoms with van der Waals surface area (Å²) in [6.45, 7) is 4.54. The van der Waals surface area contributed by atoms with Gasteiger partial charge in [0.25, 0.3) is 5.91 Å². The van der Waals surface area contributed by atoms with E-state index in [0.717, 1.165) is 19.4 Å². The largest absolute Gasteiger partial charge is 0.494 e. The summed E-state index contributed by atoms with van der Waals surface area (Å²) in [4.78, 5) is 35.3. The molecule has 2 aromatic carbocycles. The van der Waals surface area contributed by atoms with Crippen molar-refractivity contribution in [3.05, 3.63) is 71.1 Å². The summed E-state index contributed by atoms with van der Waals surface area (Å²) in [5.74, 6) is -3.21. The van der Waals surface area contributed by atoms with Crippen molar-refractivity contribution in [2.45, 2.75) is 26.2 Å². The quantitative estimate of drug-likeness (QED) is 0.183. The number of likely N-dealkylation sites (tertiary alicyclic amines) is 1. The number of fused-ring (bicyclic) bond motifs is 1. The molecule has 10 nitrogen and oxygen atoms in total. The van der Waals surface area contributed by atoms with E-state index in [9.17, 15) is 23.5 Å². The number of halogens is 3. The van der Waals surface area contributed by atoms with Gasteiger partial charge in [-0.05, 0) is 62.2 Å². The molecule has 0 bridgehead atoms. The Hall–Kier alpha value is -4.29. The molecule has 3 N–H and O–H groups in total. The van der Waals surface area contributed by atoms with Crippen LogP contribution in [0.3, 0.4) is 0 Å². The average molecular weight is 627 g/mol. The Labute approximate surface area is 258 Å². The van der Waals surface area contributed by atoms with Gasteiger partial charge in [0, 0.05) is 36.7 Å². The van der Waals surface area contributed by atoms with Gasteiger partial charge in [-0.15, -0.1) is 0 Å². The summed E-state index contributed by atoms with van der Waals surface area (Å²) >= 11 is 6.46. The van der Waals surface area contributed by atoms with Crippen LogP contribution in [0.4, 0.5) is 20.3 Å². The number of hydrogen-bond donors (Lipinski definition) is 3. The number of anilines is 2. The number of amides is 1. The monoisotopic (exact) mass is 626 g/mol. The zero-order valence-corrected chi connectivity index (χ0v) is 25.1. The second-order valence-corrected chi connectivity index (χ2v) is 11.1. The number of piperidine rings is 1. The van der Waals surface area contributed by atoms with Gasteiger partial charge in [0.15, 0.2) is 23.0 Å². The number of carboxylic acid groups (broad SMARTS) is 1. The first-order chi connectivity index (χ1) is 21.2. The van der Waals surface area contributed by atoms with Gasteiger partial charge in [-0.1, -0.05) is 24.9 Å². The molecule has 0 saturated carbocycles. The van der Waals surface area contributed by atoms with Crippen molar-refractivity contribution in [3.63, 3.8) is 0 Å². The molecule has 2 unspecified atom stereocenters. The van der Waals surface area contributed by atoms with Crippen LogP contribution in [0.5, 0.6) is 5.75 Å². The number of hydrogen-bond acceptors (Lipinski definition) is 7. The molecule has 44 heavy (non-hydrogen) atoms. The summed E-state index contributed by atoms with van der Waals surface area (Å²) in [5, 5.41) is 15.8. The molecule has 1 saturated heterocycles. The number of nitrogens with one attached hydrogen (secondary N) is 2. The Morgan fingerprint density at radius 1 is 1.18 bits per heavy atom. The van der Waals surface area contributed by atoms with Gasteiger partial charge in [0.2, 0.25) is 5.82 Å². The van der Waals surface area contributed by atoms with Gasteiger partial charge >= 0.3 is 5.97 Å². The molecule has 3 heterocycles. The number of benzene rings is 2. The lowest BCUT2D eigenvalue weighted by atomic mass is 9.83. The number of carbonyl (C=O) groups excluding carboxylic acids is 1. The van der Waals surface area contributed by atoms with Gasteiger partial charge in [0.1, 0.15) is 0 Å². The highest BCUT2D eigenvalue weighted by atomic mass is 35.5. The van der Waals surface area contributed by atoms with Crippen molar-refractivity contribution in [3.8, 4) is 17.0 Å². The highest BCUT2D eigenvalue weighted by Crippen LogP contribution is 2.32. The van der Waals surface area contributed by atoms with Crippen molar-refractivity contribution in [1.29, 1.82) is 0 Å². The van der Waals surface area contributed by atoms with Gasteiger partial charge in [-0.25, -0.2) is 14.4 Å². The van der Waals surface area contributed by atoms with Crippen molar-refractivity contribution in [1.82, 2.24) is 24.6 Å². The van der Waals surface area contributed by atoms with Crippen LogP contribution in [0, 0.1) is 23.5 Å². The van der Waals surface area contributed by atoms with Gasteiger partial charge in [0.05, 0.1) is 35.5 Å². The first kappa shape index (κ1) is 31.1. The topological polar surface area (TPSA) is 121 Å². The van der Waals surface area contributed by atoms with E-state index >= 15 is 0 Å². The maximum Gasteiger partial charge on any atom is 0.308 e. The molecular weight excluding hydrogens is 594 g/mol. The normalized spacial score (nSPS) is 17.0. The van der Waals surface area contributed by atoms with Crippen LogP contribution < -0.4 is 15.4 Å². The van der Waals surface area contributed by atoms with Crippen LogP contribution >= 0.6 is 11.6 Å². The van der Waals surface area contributed by atoms with Gasteiger partial charge in [-0.2, -0.15) is 4.39 Å². The molecule has 13 heteroatoms. The minimum atomic E-state index is -1.09. The summed E-state index contributed by atoms with van der Waals surface area (Å²) in [6, 6.07) is 7.63.